The van der Waals surface area contributed by atoms with Crippen LogP contribution in [0.15, 0.2) is 18.2 Å². The zero-order valence-electron chi connectivity index (χ0n) is 9.77. The van der Waals surface area contributed by atoms with Crippen molar-refractivity contribution in [2.24, 2.45) is 0 Å². The Bertz CT molecular complexity index is 390. The largest absolute Gasteiger partial charge is 0.377 e. The van der Waals surface area contributed by atoms with Gasteiger partial charge in [0.1, 0.15) is 6.29 Å². The first-order chi connectivity index (χ1) is 7.72. The Kier molecular flexibility index (Phi) is 3.25. The van der Waals surface area contributed by atoms with Crippen molar-refractivity contribution in [1.29, 1.82) is 0 Å². The molecule has 1 aromatic rings. The van der Waals surface area contributed by atoms with E-state index in [1.165, 1.54) is 5.69 Å². The van der Waals surface area contributed by atoms with Crippen LogP contribution >= 0.6 is 0 Å². The number of aryl methyl sites for hydroxylation is 1. The summed E-state index contributed by atoms with van der Waals surface area (Å²) in [6, 6.07) is 6.23. The molecule has 0 bridgehead atoms. The van der Waals surface area contributed by atoms with E-state index in [4.69, 9.17) is 4.74 Å². The van der Waals surface area contributed by atoms with E-state index in [0.29, 0.717) is 6.04 Å². The van der Waals surface area contributed by atoms with Gasteiger partial charge in [-0.05, 0) is 37.6 Å². The summed E-state index contributed by atoms with van der Waals surface area (Å²) >= 11 is 0. The monoisotopic (exact) mass is 219 g/mol. The van der Waals surface area contributed by atoms with Crippen LogP contribution in [-0.2, 0) is 4.74 Å². The average molecular weight is 219 g/mol. The number of morpholine rings is 1. The highest BCUT2D eigenvalue weighted by molar-refractivity contribution is 5.77. The summed E-state index contributed by atoms with van der Waals surface area (Å²) in [7, 11) is 0. The average Bonchev–Trinajstić information content (AvgIpc) is 2.30. The summed E-state index contributed by atoms with van der Waals surface area (Å²) in [4.78, 5) is 13.0. The zero-order valence-corrected chi connectivity index (χ0v) is 9.77. The number of hydrogen-bond donors (Lipinski definition) is 0. The van der Waals surface area contributed by atoms with E-state index < -0.39 is 0 Å². The maximum Gasteiger partial charge on any atom is 0.150 e. The first kappa shape index (κ1) is 11.1. The molecule has 3 heteroatoms. The van der Waals surface area contributed by atoms with Gasteiger partial charge in [0, 0.05) is 23.8 Å². The van der Waals surface area contributed by atoms with Crippen molar-refractivity contribution in [2.75, 3.05) is 24.7 Å². The number of ether oxygens (including phenoxy) is 1. The van der Waals surface area contributed by atoms with E-state index >= 15 is 0 Å². The molecular weight excluding hydrogens is 202 g/mol. The van der Waals surface area contributed by atoms with Gasteiger partial charge in [0.05, 0.1) is 13.2 Å². The van der Waals surface area contributed by atoms with Crippen molar-refractivity contribution in [1.82, 2.24) is 0 Å². The zero-order chi connectivity index (χ0) is 11.5. The molecule has 3 nitrogen and oxygen atoms in total. The van der Waals surface area contributed by atoms with Crippen LogP contribution in [0.5, 0.6) is 0 Å². The molecule has 1 saturated heterocycles. The molecule has 1 fully saturated rings. The molecule has 1 unspecified atom stereocenters. The lowest BCUT2D eigenvalue weighted by Gasteiger charge is -2.36. The van der Waals surface area contributed by atoms with Gasteiger partial charge in [0.2, 0.25) is 0 Å². The second-order valence-corrected chi connectivity index (χ2v) is 4.28. The predicted molar refractivity (Wildman–Crippen MR) is 64.2 cm³/mol. The summed E-state index contributed by atoms with van der Waals surface area (Å²) in [5.41, 5.74) is 3.10. The molecule has 1 aliphatic heterocycles. The topological polar surface area (TPSA) is 29.5 Å². The molecule has 0 aliphatic carbocycles. The predicted octanol–water partition coefficient (Wildman–Crippen LogP) is 2.03. The Labute approximate surface area is 96.0 Å². The van der Waals surface area contributed by atoms with Gasteiger partial charge in [0.15, 0.2) is 0 Å². The third kappa shape index (κ3) is 2.09. The van der Waals surface area contributed by atoms with E-state index in [1.807, 2.05) is 25.1 Å². The molecule has 0 aromatic heterocycles. The summed E-state index contributed by atoms with van der Waals surface area (Å²) in [5.74, 6) is 0. The van der Waals surface area contributed by atoms with Crippen LogP contribution in [0.1, 0.15) is 22.8 Å². The SMILES string of the molecule is Cc1cc(C=O)ccc1N1CCOCC1C. The number of nitrogens with zero attached hydrogens (tertiary/aromatic N) is 1. The van der Waals surface area contributed by atoms with Crippen LogP contribution in [0.2, 0.25) is 0 Å². The Morgan fingerprint density at radius 1 is 1.50 bits per heavy atom. The first-order valence-electron chi connectivity index (χ1n) is 5.62. The maximum atomic E-state index is 10.7. The van der Waals surface area contributed by atoms with E-state index in [2.05, 4.69) is 11.8 Å². The normalized spacial score (nSPS) is 20.9. The van der Waals surface area contributed by atoms with Gasteiger partial charge in [0.25, 0.3) is 0 Å². The molecule has 1 aliphatic rings. The Morgan fingerprint density at radius 2 is 2.31 bits per heavy atom. The van der Waals surface area contributed by atoms with Crippen LogP contribution in [0, 0.1) is 6.92 Å². The highest BCUT2D eigenvalue weighted by Crippen LogP contribution is 2.24. The summed E-state index contributed by atoms with van der Waals surface area (Å²) in [6.07, 6.45) is 0.888. The molecule has 1 atom stereocenters. The lowest BCUT2D eigenvalue weighted by Crippen LogP contribution is -2.44. The number of anilines is 1. The quantitative estimate of drug-likeness (QED) is 0.713. The molecule has 86 valence electrons. The third-order valence-electron chi connectivity index (χ3n) is 3.03. The van der Waals surface area contributed by atoms with E-state index in [0.717, 1.165) is 37.2 Å². The molecule has 0 N–H and O–H groups in total. The minimum absolute atomic E-state index is 0.398. The van der Waals surface area contributed by atoms with E-state index in [1.54, 1.807) is 0 Å². The molecule has 0 radical (unpaired) electrons. The second kappa shape index (κ2) is 4.66. The van der Waals surface area contributed by atoms with Gasteiger partial charge >= 0.3 is 0 Å². The summed E-state index contributed by atoms with van der Waals surface area (Å²) in [5, 5.41) is 0. The number of hydrogen-bond acceptors (Lipinski definition) is 3. The third-order valence-corrected chi connectivity index (χ3v) is 3.03. The van der Waals surface area contributed by atoms with Gasteiger partial charge < -0.3 is 9.64 Å². The van der Waals surface area contributed by atoms with Crippen molar-refractivity contribution >= 4 is 12.0 Å². The van der Waals surface area contributed by atoms with E-state index in [-0.39, 0.29) is 0 Å². The van der Waals surface area contributed by atoms with Crippen LogP contribution in [0.3, 0.4) is 0 Å². The molecule has 1 heterocycles. The second-order valence-electron chi connectivity index (χ2n) is 4.28. The fourth-order valence-electron chi connectivity index (χ4n) is 2.16. The molecule has 1 aromatic carbocycles. The highest BCUT2D eigenvalue weighted by Gasteiger charge is 2.20. The van der Waals surface area contributed by atoms with Crippen molar-refractivity contribution in [2.45, 2.75) is 19.9 Å². The molecule has 0 saturated carbocycles. The van der Waals surface area contributed by atoms with Gasteiger partial charge in [-0.1, -0.05) is 0 Å². The fourth-order valence-corrected chi connectivity index (χ4v) is 2.16. The summed E-state index contributed by atoms with van der Waals surface area (Å²) < 4.78 is 5.42. The van der Waals surface area contributed by atoms with E-state index in [9.17, 15) is 4.79 Å². The minimum Gasteiger partial charge on any atom is -0.377 e. The van der Waals surface area contributed by atoms with Crippen LogP contribution in [0.25, 0.3) is 0 Å². The smallest absolute Gasteiger partial charge is 0.150 e. The van der Waals surface area contributed by atoms with Gasteiger partial charge in [-0.25, -0.2) is 0 Å². The highest BCUT2D eigenvalue weighted by atomic mass is 16.5. The minimum atomic E-state index is 0.398. The number of carbonyl (C=O) groups is 1. The number of rotatable bonds is 2. The van der Waals surface area contributed by atoms with Crippen molar-refractivity contribution < 1.29 is 9.53 Å². The van der Waals surface area contributed by atoms with Gasteiger partial charge in [-0.15, -0.1) is 0 Å². The maximum absolute atomic E-state index is 10.7. The standard InChI is InChI=1S/C13H17NO2/c1-10-7-12(8-15)3-4-13(10)14-5-6-16-9-11(14)2/h3-4,7-8,11H,5-6,9H2,1-2H3. The Morgan fingerprint density at radius 3 is 2.94 bits per heavy atom. The van der Waals surface area contributed by atoms with Gasteiger partial charge in [-0.3, -0.25) is 4.79 Å². The Balaban J connectivity index is 2.28. The van der Waals surface area contributed by atoms with Crippen molar-refractivity contribution in [3.8, 4) is 0 Å². The lowest BCUT2D eigenvalue weighted by molar-refractivity contribution is 0.0989. The molecule has 2 rings (SSSR count). The first-order valence-corrected chi connectivity index (χ1v) is 5.62. The van der Waals surface area contributed by atoms with Crippen LogP contribution < -0.4 is 4.90 Å². The molecule has 0 amide bonds. The summed E-state index contributed by atoms with van der Waals surface area (Å²) in [6.45, 7) is 6.67. The van der Waals surface area contributed by atoms with Gasteiger partial charge in [-0.2, -0.15) is 0 Å². The Hall–Kier alpha value is -1.35. The fraction of sp³-hybridized carbons (Fsp3) is 0.462. The number of benzene rings is 1. The number of carbonyl (C=O) groups excluding carboxylic acids is 1. The molecule has 16 heavy (non-hydrogen) atoms. The van der Waals surface area contributed by atoms with Crippen LogP contribution in [-0.4, -0.2) is 32.1 Å². The molecular formula is C13H17NO2. The number of aldehydes is 1. The lowest BCUT2D eigenvalue weighted by atomic mass is 10.1. The van der Waals surface area contributed by atoms with Crippen molar-refractivity contribution in [3.63, 3.8) is 0 Å². The van der Waals surface area contributed by atoms with Crippen LogP contribution in [0.4, 0.5) is 5.69 Å². The van der Waals surface area contributed by atoms with Crippen molar-refractivity contribution in [3.05, 3.63) is 29.3 Å². The molecule has 0 spiro atoms.